The molecule has 0 aliphatic heterocycles. The molecule has 0 aromatic carbocycles. The van der Waals surface area contributed by atoms with Gasteiger partial charge in [-0.25, -0.2) is 4.98 Å². The van der Waals surface area contributed by atoms with Crippen LogP contribution < -0.4 is 5.32 Å². The second kappa shape index (κ2) is 5.19. The van der Waals surface area contributed by atoms with Gasteiger partial charge in [0, 0.05) is 17.3 Å². The average Bonchev–Trinajstić information content (AvgIpc) is 2.82. The Kier molecular flexibility index (Phi) is 3.38. The molecule has 1 fully saturated rings. The summed E-state index contributed by atoms with van der Waals surface area (Å²) >= 11 is 0. The number of nitrogens with one attached hydrogen (secondary N) is 1. The molecule has 1 aliphatic carbocycles. The van der Waals surface area contributed by atoms with Gasteiger partial charge in [-0.1, -0.05) is 19.3 Å². The lowest BCUT2D eigenvalue weighted by Gasteiger charge is -2.19. The van der Waals surface area contributed by atoms with E-state index in [-0.39, 0.29) is 11.8 Å². The Morgan fingerprint density at radius 3 is 2.75 bits per heavy atom. The number of nitrogens with zero attached hydrogens (tertiary/aromatic N) is 4. The van der Waals surface area contributed by atoms with Crippen LogP contribution in [0.4, 0.5) is 5.95 Å². The van der Waals surface area contributed by atoms with Crippen molar-refractivity contribution in [3.05, 3.63) is 17.5 Å². The first-order valence-corrected chi connectivity index (χ1v) is 7.15. The first-order chi connectivity index (χ1) is 9.63. The number of carbonyl (C=O) groups excluding carboxylic acids is 1. The van der Waals surface area contributed by atoms with Crippen molar-refractivity contribution in [1.82, 2.24) is 19.6 Å². The van der Waals surface area contributed by atoms with Crippen LogP contribution in [-0.2, 0) is 4.79 Å². The molecule has 2 aromatic rings. The molecule has 6 heteroatoms. The van der Waals surface area contributed by atoms with E-state index < -0.39 is 0 Å². The Labute approximate surface area is 117 Å². The number of fused-ring (bicyclic) bond motifs is 1. The molecule has 1 amide bonds. The van der Waals surface area contributed by atoms with E-state index in [9.17, 15) is 4.79 Å². The minimum atomic E-state index is 0.0370. The predicted octanol–water partition coefficient (Wildman–Crippen LogP) is 2.26. The van der Waals surface area contributed by atoms with E-state index in [1.54, 1.807) is 4.52 Å². The molecule has 2 heterocycles. The summed E-state index contributed by atoms with van der Waals surface area (Å²) in [5, 5.41) is 7.13. The summed E-state index contributed by atoms with van der Waals surface area (Å²) in [6.45, 7) is 3.87. The molecule has 1 saturated carbocycles. The van der Waals surface area contributed by atoms with Crippen LogP contribution in [0.25, 0.3) is 5.78 Å². The number of hydrogen-bond acceptors (Lipinski definition) is 4. The fraction of sp³-hybridized carbons (Fsp3) is 0.571. The minimum absolute atomic E-state index is 0.0370. The highest BCUT2D eigenvalue weighted by Crippen LogP contribution is 2.24. The second-order valence-electron chi connectivity index (χ2n) is 5.51. The van der Waals surface area contributed by atoms with Gasteiger partial charge >= 0.3 is 0 Å². The zero-order chi connectivity index (χ0) is 14.1. The van der Waals surface area contributed by atoms with E-state index in [0.29, 0.717) is 11.7 Å². The first kappa shape index (κ1) is 13.0. The van der Waals surface area contributed by atoms with Crippen LogP contribution in [-0.4, -0.2) is 25.5 Å². The molecule has 0 bridgehead atoms. The van der Waals surface area contributed by atoms with Crippen molar-refractivity contribution in [2.45, 2.75) is 46.0 Å². The lowest BCUT2D eigenvalue weighted by atomic mass is 9.89. The van der Waals surface area contributed by atoms with E-state index in [2.05, 4.69) is 20.4 Å². The standard InChI is InChI=1S/C14H19N5O/c1-9-8-10(2)19-14(15-9)17-13(18-19)16-12(20)11-6-4-3-5-7-11/h8,11H,3-7H2,1-2H3,(H,16,18,20). The van der Waals surface area contributed by atoms with Gasteiger partial charge in [-0.2, -0.15) is 9.50 Å². The van der Waals surface area contributed by atoms with Crippen molar-refractivity contribution < 1.29 is 4.79 Å². The zero-order valence-corrected chi connectivity index (χ0v) is 11.9. The second-order valence-corrected chi connectivity index (χ2v) is 5.51. The Morgan fingerprint density at radius 2 is 2.00 bits per heavy atom. The summed E-state index contributed by atoms with van der Waals surface area (Å²) in [5.74, 6) is 1.02. The van der Waals surface area contributed by atoms with Gasteiger partial charge < -0.3 is 0 Å². The van der Waals surface area contributed by atoms with Crippen molar-refractivity contribution in [1.29, 1.82) is 0 Å². The van der Waals surface area contributed by atoms with Crippen LogP contribution >= 0.6 is 0 Å². The summed E-state index contributed by atoms with van der Waals surface area (Å²) in [7, 11) is 0. The first-order valence-electron chi connectivity index (χ1n) is 7.15. The Balaban J connectivity index is 1.80. The zero-order valence-electron chi connectivity index (χ0n) is 11.9. The summed E-state index contributed by atoms with van der Waals surface area (Å²) in [6, 6.07) is 1.94. The van der Waals surface area contributed by atoms with Gasteiger partial charge in [-0.3, -0.25) is 10.1 Å². The fourth-order valence-corrected chi connectivity index (χ4v) is 2.80. The van der Waals surface area contributed by atoms with Gasteiger partial charge in [0.25, 0.3) is 11.7 Å². The lowest BCUT2D eigenvalue weighted by molar-refractivity contribution is -0.120. The molecular formula is C14H19N5O. The molecule has 0 saturated heterocycles. The van der Waals surface area contributed by atoms with E-state index in [0.717, 1.165) is 37.1 Å². The topological polar surface area (TPSA) is 72.2 Å². The van der Waals surface area contributed by atoms with Gasteiger partial charge in [-0.15, -0.1) is 5.10 Å². The SMILES string of the molecule is Cc1cc(C)n2nc(NC(=O)C3CCCCC3)nc2n1. The van der Waals surface area contributed by atoms with Crippen LogP contribution in [0.15, 0.2) is 6.07 Å². The van der Waals surface area contributed by atoms with E-state index in [1.807, 2.05) is 19.9 Å². The lowest BCUT2D eigenvalue weighted by Crippen LogP contribution is -2.25. The Morgan fingerprint density at radius 1 is 1.25 bits per heavy atom. The maximum Gasteiger partial charge on any atom is 0.254 e. The molecular weight excluding hydrogens is 254 g/mol. The van der Waals surface area contributed by atoms with Crippen LogP contribution in [0.2, 0.25) is 0 Å². The Bertz CT molecular complexity index is 642. The molecule has 0 spiro atoms. The summed E-state index contributed by atoms with van der Waals surface area (Å²) in [5.41, 5.74) is 1.85. The van der Waals surface area contributed by atoms with Crippen molar-refractivity contribution >= 4 is 17.6 Å². The van der Waals surface area contributed by atoms with Crippen molar-refractivity contribution in [3.63, 3.8) is 0 Å². The van der Waals surface area contributed by atoms with Gasteiger partial charge in [-0.05, 0) is 32.8 Å². The number of rotatable bonds is 2. The van der Waals surface area contributed by atoms with Crippen LogP contribution in [0.1, 0.15) is 43.5 Å². The summed E-state index contributed by atoms with van der Waals surface area (Å²) in [4.78, 5) is 20.8. The Hall–Kier alpha value is -1.98. The number of amides is 1. The maximum absolute atomic E-state index is 12.2. The van der Waals surface area contributed by atoms with E-state index >= 15 is 0 Å². The minimum Gasteiger partial charge on any atom is -0.293 e. The van der Waals surface area contributed by atoms with E-state index in [1.165, 1.54) is 6.42 Å². The predicted molar refractivity (Wildman–Crippen MR) is 75.5 cm³/mol. The average molecular weight is 273 g/mol. The summed E-state index contributed by atoms with van der Waals surface area (Å²) in [6.07, 6.45) is 5.44. The quantitative estimate of drug-likeness (QED) is 0.911. The monoisotopic (exact) mass is 273 g/mol. The van der Waals surface area contributed by atoms with Gasteiger partial charge in [0.15, 0.2) is 0 Å². The highest BCUT2D eigenvalue weighted by molar-refractivity contribution is 5.91. The summed E-state index contributed by atoms with van der Waals surface area (Å²) < 4.78 is 1.66. The van der Waals surface area contributed by atoms with Gasteiger partial charge in [0.1, 0.15) is 0 Å². The molecule has 0 radical (unpaired) electrons. The molecule has 20 heavy (non-hydrogen) atoms. The number of anilines is 1. The molecule has 0 atom stereocenters. The van der Waals surface area contributed by atoms with Crippen molar-refractivity contribution in [2.75, 3.05) is 5.32 Å². The smallest absolute Gasteiger partial charge is 0.254 e. The fourth-order valence-electron chi connectivity index (χ4n) is 2.80. The van der Waals surface area contributed by atoms with Gasteiger partial charge in [0.2, 0.25) is 5.91 Å². The number of carbonyl (C=O) groups is 1. The van der Waals surface area contributed by atoms with E-state index in [4.69, 9.17) is 0 Å². The third-order valence-corrected chi connectivity index (χ3v) is 3.83. The molecule has 3 rings (SSSR count). The maximum atomic E-state index is 12.2. The van der Waals surface area contributed by atoms with Crippen molar-refractivity contribution in [3.8, 4) is 0 Å². The highest BCUT2D eigenvalue weighted by atomic mass is 16.2. The third kappa shape index (κ3) is 2.50. The number of hydrogen-bond donors (Lipinski definition) is 1. The van der Waals surface area contributed by atoms with Crippen LogP contribution in [0, 0.1) is 19.8 Å². The molecule has 6 nitrogen and oxygen atoms in total. The van der Waals surface area contributed by atoms with Crippen LogP contribution in [0.5, 0.6) is 0 Å². The molecule has 1 N–H and O–H groups in total. The molecule has 1 aliphatic rings. The normalized spacial score (nSPS) is 16.5. The van der Waals surface area contributed by atoms with Crippen LogP contribution in [0.3, 0.4) is 0 Å². The van der Waals surface area contributed by atoms with Gasteiger partial charge in [0.05, 0.1) is 0 Å². The molecule has 2 aromatic heterocycles. The third-order valence-electron chi connectivity index (χ3n) is 3.83. The number of aromatic nitrogens is 4. The number of aryl methyl sites for hydroxylation is 2. The highest BCUT2D eigenvalue weighted by Gasteiger charge is 2.22. The van der Waals surface area contributed by atoms with Crippen molar-refractivity contribution in [2.24, 2.45) is 5.92 Å². The molecule has 106 valence electrons. The largest absolute Gasteiger partial charge is 0.293 e. The molecule has 0 unspecified atom stereocenters.